The molecule has 0 unspecified atom stereocenters. The summed E-state index contributed by atoms with van der Waals surface area (Å²) in [7, 11) is 0. The highest BCUT2D eigenvalue weighted by atomic mass is 19.1. The van der Waals surface area contributed by atoms with Crippen LogP contribution in [0.5, 0.6) is 0 Å². The first-order valence-corrected chi connectivity index (χ1v) is 6.21. The first-order valence-electron chi connectivity index (χ1n) is 6.21. The van der Waals surface area contributed by atoms with Gasteiger partial charge in [-0.2, -0.15) is 0 Å². The number of halogens is 1. The normalized spacial score (nSPS) is 17.2. The van der Waals surface area contributed by atoms with E-state index in [9.17, 15) is 4.39 Å². The van der Waals surface area contributed by atoms with Crippen LogP contribution >= 0.6 is 0 Å². The Bertz CT molecular complexity index is 409. The van der Waals surface area contributed by atoms with Crippen LogP contribution in [0.25, 0.3) is 0 Å². The van der Waals surface area contributed by atoms with Crippen molar-refractivity contribution in [2.45, 2.75) is 39.4 Å². The third-order valence-corrected chi connectivity index (χ3v) is 3.30. The molecule has 0 N–H and O–H groups in total. The van der Waals surface area contributed by atoms with Crippen molar-refractivity contribution in [1.29, 1.82) is 0 Å². The smallest absolute Gasteiger partial charge is 0.195 e. The van der Waals surface area contributed by atoms with Gasteiger partial charge in [0.05, 0.1) is 0 Å². The van der Waals surface area contributed by atoms with Crippen LogP contribution in [0, 0.1) is 12.7 Å². The summed E-state index contributed by atoms with van der Waals surface area (Å²) in [6.07, 6.45) is 1.38. The standard InChI is InChI=1S/C14H19FO2/c1-4-16-14(17-5-2)9-8-11-12(15)7-6-10(3)13(11)14/h6-7H,4-5,8-9H2,1-3H3. The van der Waals surface area contributed by atoms with Gasteiger partial charge in [0.2, 0.25) is 0 Å². The van der Waals surface area contributed by atoms with E-state index in [1.54, 1.807) is 6.07 Å². The second-order valence-corrected chi connectivity index (χ2v) is 4.34. The second-order valence-electron chi connectivity index (χ2n) is 4.34. The van der Waals surface area contributed by atoms with E-state index in [0.717, 1.165) is 16.7 Å². The van der Waals surface area contributed by atoms with E-state index in [-0.39, 0.29) is 5.82 Å². The van der Waals surface area contributed by atoms with Gasteiger partial charge >= 0.3 is 0 Å². The molecule has 0 aromatic heterocycles. The summed E-state index contributed by atoms with van der Waals surface area (Å²) in [4.78, 5) is 0. The lowest BCUT2D eigenvalue weighted by Crippen LogP contribution is -2.31. The van der Waals surface area contributed by atoms with Gasteiger partial charge in [0.25, 0.3) is 0 Å². The number of fused-ring (bicyclic) bond motifs is 1. The van der Waals surface area contributed by atoms with Gasteiger partial charge in [0, 0.05) is 25.2 Å². The highest BCUT2D eigenvalue weighted by Crippen LogP contribution is 2.43. The topological polar surface area (TPSA) is 18.5 Å². The molecule has 3 heteroatoms. The summed E-state index contributed by atoms with van der Waals surface area (Å²) < 4.78 is 25.4. The molecule has 0 fully saturated rings. The monoisotopic (exact) mass is 238 g/mol. The maximum Gasteiger partial charge on any atom is 0.195 e. The van der Waals surface area contributed by atoms with Crippen LogP contribution < -0.4 is 0 Å². The van der Waals surface area contributed by atoms with Crippen LogP contribution in [0.1, 0.15) is 37.0 Å². The molecule has 1 aromatic rings. The van der Waals surface area contributed by atoms with Crippen LogP contribution in [0.3, 0.4) is 0 Å². The molecule has 0 bridgehead atoms. The lowest BCUT2D eigenvalue weighted by molar-refractivity contribution is -0.240. The second kappa shape index (κ2) is 4.75. The Morgan fingerprint density at radius 1 is 1.24 bits per heavy atom. The van der Waals surface area contributed by atoms with Crippen molar-refractivity contribution in [3.8, 4) is 0 Å². The summed E-state index contributed by atoms with van der Waals surface area (Å²) in [5, 5.41) is 0. The van der Waals surface area contributed by atoms with E-state index >= 15 is 0 Å². The van der Waals surface area contributed by atoms with Gasteiger partial charge in [-0.3, -0.25) is 0 Å². The fourth-order valence-corrected chi connectivity index (χ4v) is 2.73. The first-order chi connectivity index (χ1) is 8.14. The molecule has 1 aliphatic carbocycles. The van der Waals surface area contributed by atoms with E-state index in [1.165, 1.54) is 6.07 Å². The van der Waals surface area contributed by atoms with Crippen molar-refractivity contribution in [3.05, 3.63) is 34.6 Å². The average molecular weight is 238 g/mol. The van der Waals surface area contributed by atoms with Gasteiger partial charge in [-0.1, -0.05) is 6.07 Å². The van der Waals surface area contributed by atoms with Crippen molar-refractivity contribution in [2.24, 2.45) is 0 Å². The third kappa shape index (κ3) is 1.98. The molecule has 0 saturated heterocycles. The van der Waals surface area contributed by atoms with E-state index in [0.29, 0.717) is 26.1 Å². The van der Waals surface area contributed by atoms with E-state index < -0.39 is 5.79 Å². The van der Waals surface area contributed by atoms with E-state index in [1.807, 2.05) is 20.8 Å². The lowest BCUT2D eigenvalue weighted by Gasteiger charge is -2.31. The molecule has 0 aliphatic heterocycles. The Kier molecular flexibility index (Phi) is 3.50. The molecule has 0 atom stereocenters. The molecular formula is C14H19FO2. The number of ether oxygens (including phenoxy) is 2. The van der Waals surface area contributed by atoms with Gasteiger partial charge in [0.15, 0.2) is 5.79 Å². The van der Waals surface area contributed by atoms with E-state index in [2.05, 4.69) is 0 Å². The fraction of sp³-hybridized carbons (Fsp3) is 0.571. The zero-order valence-electron chi connectivity index (χ0n) is 10.7. The molecular weight excluding hydrogens is 219 g/mol. The summed E-state index contributed by atoms with van der Waals surface area (Å²) in [5.41, 5.74) is 2.70. The van der Waals surface area contributed by atoms with Crippen LogP contribution in [0.2, 0.25) is 0 Å². The van der Waals surface area contributed by atoms with Crippen molar-refractivity contribution in [3.63, 3.8) is 0 Å². The zero-order chi connectivity index (χ0) is 12.5. The maximum atomic E-state index is 13.8. The lowest BCUT2D eigenvalue weighted by atomic mass is 10.0. The van der Waals surface area contributed by atoms with Crippen molar-refractivity contribution in [1.82, 2.24) is 0 Å². The maximum absolute atomic E-state index is 13.8. The summed E-state index contributed by atoms with van der Waals surface area (Å²) in [5.74, 6) is -0.878. The molecule has 0 spiro atoms. The van der Waals surface area contributed by atoms with Crippen LogP contribution in [-0.2, 0) is 21.7 Å². The molecule has 2 nitrogen and oxygen atoms in total. The molecule has 0 heterocycles. The highest BCUT2D eigenvalue weighted by molar-refractivity contribution is 5.42. The summed E-state index contributed by atoms with van der Waals surface area (Å²) >= 11 is 0. The molecule has 0 saturated carbocycles. The third-order valence-electron chi connectivity index (χ3n) is 3.30. The average Bonchev–Trinajstić information content (AvgIpc) is 2.66. The van der Waals surface area contributed by atoms with Gasteiger partial charge in [0.1, 0.15) is 5.82 Å². The van der Waals surface area contributed by atoms with Crippen LogP contribution in [0.15, 0.2) is 12.1 Å². The van der Waals surface area contributed by atoms with E-state index in [4.69, 9.17) is 9.47 Å². The highest BCUT2D eigenvalue weighted by Gasteiger charge is 2.42. The number of aryl methyl sites for hydroxylation is 1. The van der Waals surface area contributed by atoms with Crippen LogP contribution in [0.4, 0.5) is 4.39 Å². The minimum absolute atomic E-state index is 0.146. The number of rotatable bonds is 4. The number of hydrogen-bond donors (Lipinski definition) is 0. The van der Waals surface area contributed by atoms with Crippen molar-refractivity contribution >= 4 is 0 Å². The SMILES string of the molecule is CCOC1(OCC)CCc2c(F)ccc(C)c21. The van der Waals surface area contributed by atoms with Gasteiger partial charge in [-0.25, -0.2) is 4.39 Å². The zero-order valence-corrected chi connectivity index (χ0v) is 10.7. The summed E-state index contributed by atoms with van der Waals surface area (Å²) in [6.45, 7) is 6.99. The minimum atomic E-state index is -0.731. The molecule has 94 valence electrons. The van der Waals surface area contributed by atoms with Crippen molar-refractivity contribution in [2.75, 3.05) is 13.2 Å². The Balaban J connectivity index is 2.52. The predicted molar refractivity (Wildman–Crippen MR) is 64.4 cm³/mol. The Hall–Kier alpha value is -0.930. The first kappa shape index (κ1) is 12.5. The minimum Gasteiger partial charge on any atom is -0.346 e. The Labute approximate surface area is 102 Å². The van der Waals surface area contributed by atoms with Crippen molar-refractivity contribution < 1.29 is 13.9 Å². The largest absolute Gasteiger partial charge is 0.346 e. The van der Waals surface area contributed by atoms with Gasteiger partial charge in [-0.05, 0) is 44.4 Å². The Morgan fingerprint density at radius 3 is 2.47 bits per heavy atom. The molecule has 0 amide bonds. The molecule has 0 radical (unpaired) electrons. The van der Waals surface area contributed by atoms with Gasteiger partial charge < -0.3 is 9.47 Å². The quantitative estimate of drug-likeness (QED) is 0.749. The predicted octanol–water partition coefficient (Wildman–Crippen LogP) is 3.31. The van der Waals surface area contributed by atoms with Gasteiger partial charge in [-0.15, -0.1) is 0 Å². The molecule has 2 rings (SSSR count). The summed E-state index contributed by atoms with van der Waals surface area (Å²) in [6, 6.07) is 3.33. The fourth-order valence-electron chi connectivity index (χ4n) is 2.73. The number of benzene rings is 1. The van der Waals surface area contributed by atoms with Crippen LogP contribution in [-0.4, -0.2) is 13.2 Å². The Morgan fingerprint density at radius 2 is 1.88 bits per heavy atom. The number of hydrogen-bond acceptors (Lipinski definition) is 2. The molecule has 1 aromatic carbocycles. The molecule has 1 aliphatic rings. The molecule has 17 heavy (non-hydrogen) atoms.